The van der Waals surface area contributed by atoms with Gasteiger partial charge < -0.3 is 5.32 Å². The van der Waals surface area contributed by atoms with Crippen molar-refractivity contribution in [1.82, 2.24) is 10.3 Å². The first-order valence-electron chi connectivity index (χ1n) is 7.91. The molecule has 0 saturated carbocycles. The normalized spacial score (nSPS) is 24.4. The molecule has 1 saturated heterocycles. The van der Waals surface area contributed by atoms with Crippen molar-refractivity contribution in [3.63, 3.8) is 0 Å². The highest BCUT2D eigenvalue weighted by molar-refractivity contribution is 7.92. The van der Waals surface area contributed by atoms with Gasteiger partial charge in [0.25, 0.3) is 0 Å². The van der Waals surface area contributed by atoms with E-state index in [1.807, 2.05) is 12.1 Å². The lowest BCUT2D eigenvalue weighted by molar-refractivity contribution is 0.395. The lowest BCUT2D eigenvalue weighted by atomic mass is 9.89. The fraction of sp³-hybridized carbons (Fsp3) is 0.688. The van der Waals surface area contributed by atoms with E-state index in [9.17, 15) is 8.42 Å². The van der Waals surface area contributed by atoms with E-state index in [1.165, 1.54) is 0 Å². The Morgan fingerprint density at radius 2 is 2.05 bits per heavy atom. The van der Waals surface area contributed by atoms with Crippen molar-refractivity contribution in [1.29, 1.82) is 0 Å². The third-order valence-corrected chi connectivity index (χ3v) is 6.74. The molecule has 3 unspecified atom stereocenters. The van der Waals surface area contributed by atoms with Crippen LogP contribution in [0, 0.1) is 0 Å². The van der Waals surface area contributed by atoms with Gasteiger partial charge in [-0.05, 0) is 49.4 Å². The maximum Gasteiger partial charge on any atom is 0.154 e. The summed E-state index contributed by atoms with van der Waals surface area (Å²) in [7, 11) is -2.98. The minimum absolute atomic E-state index is 0.0161. The largest absolute Gasteiger partial charge is 0.312 e. The van der Waals surface area contributed by atoms with E-state index in [-0.39, 0.29) is 17.2 Å². The number of pyridine rings is 1. The van der Waals surface area contributed by atoms with Gasteiger partial charge in [0, 0.05) is 18.4 Å². The Kier molecular flexibility index (Phi) is 5.76. The smallest absolute Gasteiger partial charge is 0.154 e. The third-order valence-electron chi connectivity index (χ3n) is 4.43. The average Bonchev–Trinajstić information content (AvgIpc) is 2.49. The highest BCUT2D eigenvalue weighted by atomic mass is 32.2. The molecule has 1 N–H and O–H groups in total. The number of aromatic nitrogens is 1. The summed E-state index contributed by atoms with van der Waals surface area (Å²) in [6.07, 6.45) is 7.15. The van der Waals surface area contributed by atoms with E-state index in [4.69, 9.17) is 0 Å². The Bertz CT molecular complexity index is 530. The Morgan fingerprint density at radius 1 is 1.33 bits per heavy atom. The summed E-state index contributed by atoms with van der Waals surface area (Å²) < 4.78 is 24.9. The van der Waals surface area contributed by atoms with Gasteiger partial charge in [-0.15, -0.1) is 0 Å². The van der Waals surface area contributed by atoms with E-state index >= 15 is 0 Å². The summed E-state index contributed by atoms with van der Waals surface area (Å²) in [5.41, 5.74) is 1.15. The monoisotopic (exact) mass is 310 g/mol. The molecule has 0 amide bonds. The lowest BCUT2D eigenvalue weighted by Crippen LogP contribution is -2.49. The predicted molar refractivity (Wildman–Crippen MR) is 86.2 cm³/mol. The lowest BCUT2D eigenvalue weighted by Gasteiger charge is -2.35. The zero-order valence-electron chi connectivity index (χ0n) is 13.0. The molecule has 5 heteroatoms. The van der Waals surface area contributed by atoms with Gasteiger partial charge in [0.15, 0.2) is 9.84 Å². The molecule has 2 heterocycles. The molecule has 0 aliphatic carbocycles. The first kappa shape index (κ1) is 16.4. The minimum Gasteiger partial charge on any atom is -0.312 e. The second kappa shape index (κ2) is 7.36. The molecule has 2 rings (SSSR count). The van der Waals surface area contributed by atoms with Crippen molar-refractivity contribution in [2.24, 2.45) is 0 Å². The van der Waals surface area contributed by atoms with Gasteiger partial charge in [-0.2, -0.15) is 0 Å². The summed E-state index contributed by atoms with van der Waals surface area (Å²) in [6, 6.07) is 3.96. The van der Waals surface area contributed by atoms with Crippen molar-refractivity contribution < 1.29 is 8.42 Å². The fourth-order valence-electron chi connectivity index (χ4n) is 3.20. The SMILES string of the molecule is CCCNC(C(C)c1ccncc1)C1CCCCS1(=O)=O. The number of nitrogens with zero attached hydrogens (tertiary/aromatic N) is 1. The van der Waals surface area contributed by atoms with Crippen molar-refractivity contribution in [3.8, 4) is 0 Å². The molecule has 0 aromatic carbocycles. The van der Waals surface area contributed by atoms with E-state index in [0.29, 0.717) is 5.75 Å². The first-order chi connectivity index (χ1) is 10.1. The summed E-state index contributed by atoms with van der Waals surface area (Å²) >= 11 is 0. The highest BCUT2D eigenvalue weighted by Gasteiger charge is 2.38. The number of nitrogens with one attached hydrogen (secondary N) is 1. The highest BCUT2D eigenvalue weighted by Crippen LogP contribution is 2.30. The molecule has 21 heavy (non-hydrogen) atoms. The zero-order chi connectivity index (χ0) is 15.3. The van der Waals surface area contributed by atoms with Crippen LogP contribution in [0.5, 0.6) is 0 Å². The Morgan fingerprint density at radius 3 is 2.67 bits per heavy atom. The van der Waals surface area contributed by atoms with Crippen LogP contribution in [0.2, 0.25) is 0 Å². The van der Waals surface area contributed by atoms with Crippen LogP contribution in [0.1, 0.15) is 51.0 Å². The number of rotatable bonds is 6. The van der Waals surface area contributed by atoms with Crippen LogP contribution in [0.3, 0.4) is 0 Å². The molecular weight excluding hydrogens is 284 g/mol. The molecule has 0 bridgehead atoms. The summed E-state index contributed by atoms with van der Waals surface area (Å²) in [4.78, 5) is 4.05. The molecule has 3 atom stereocenters. The van der Waals surface area contributed by atoms with Gasteiger partial charge in [-0.1, -0.05) is 20.3 Å². The molecule has 0 radical (unpaired) electrons. The number of hydrogen-bond acceptors (Lipinski definition) is 4. The predicted octanol–water partition coefficient (Wildman–Crippen LogP) is 2.52. The molecule has 118 valence electrons. The molecule has 4 nitrogen and oxygen atoms in total. The molecule has 1 fully saturated rings. The summed E-state index contributed by atoms with van der Waals surface area (Å²) in [5, 5.41) is 3.23. The van der Waals surface area contributed by atoms with Crippen LogP contribution >= 0.6 is 0 Å². The standard InChI is InChI=1S/C16H26N2O2S/c1-3-9-18-16(13(2)14-7-10-17-11-8-14)15-6-4-5-12-21(15,19)20/h7-8,10-11,13,15-16,18H,3-6,9,12H2,1-2H3. The second-order valence-corrected chi connectivity index (χ2v) is 8.29. The van der Waals surface area contributed by atoms with Crippen LogP contribution in [-0.2, 0) is 9.84 Å². The maximum absolute atomic E-state index is 12.5. The topological polar surface area (TPSA) is 59.1 Å². The maximum atomic E-state index is 12.5. The Labute approximate surface area is 128 Å². The summed E-state index contributed by atoms with van der Waals surface area (Å²) in [6.45, 7) is 5.08. The summed E-state index contributed by atoms with van der Waals surface area (Å²) in [5.74, 6) is 0.503. The minimum atomic E-state index is -2.98. The van der Waals surface area contributed by atoms with Crippen molar-refractivity contribution in [2.75, 3.05) is 12.3 Å². The number of hydrogen-bond donors (Lipinski definition) is 1. The van der Waals surface area contributed by atoms with Crippen LogP contribution in [0.25, 0.3) is 0 Å². The van der Waals surface area contributed by atoms with Crippen molar-refractivity contribution in [3.05, 3.63) is 30.1 Å². The first-order valence-corrected chi connectivity index (χ1v) is 9.62. The molecule has 1 aliphatic rings. The van der Waals surface area contributed by atoms with Crippen molar-refractivity contribution in [2.45, 2.75) is 56.7 Å². The van der Waals surface area contributed by atoms with E-state index < -0.39 is 9.84 Å². The van der Waals surface area contributed by atoms with E-state index in [1.54, 1.807) is 12.4 Å². The quantitative estimate of drug-likeness (QED) is 0.877. The Balaban J connectivity index is 2.25. The van der Waals surface area contributed by atoms with E-state index in [0.717, 1.165) is 37.8 Å². The average molecular weight is 310 g/mol. The zero-order valence-corrected chi connectivity index (χ0v) is 13.8. The fourth-order valence-corrected chi connectivity index (χ4v) is 5.41. The van der Waals surface area contributed by atoms with Crippen LogP contribution in [0.4, 0.5) is 0 Å². The van der Waals surface area contributed by atoms with Gasteiger partial charge in [-0.25, -0.2) is 8.42 Å². The number of sulfone groups is 1. The molecule has 0 spiro atoms. The molecule has 1 aromatic rings. The molecule has 1 aliphatic heterocycles. The van der Waals surface area contributed by atoms with Gasteiger partial charge in [0.2, 0.25) is 0 Å². The Hall–Kier alpha value is -0.940. The van der Waals surface area contributed by atoms with Crippen LogP contribution in [0.15, 0.2) is 24.5 Å². The van der Waals surface area contributed by atoms with E-state index in [2.05, 4.69) is 24.1 Å². The van der Waals surface area contributed by atoms with Crippen molar-refractivity contribution >= 4 is 9.84 Å². The third kappa shape index (κ3) is 4.04. The molecular formula is C16H26N2O2S. The molecule has 1 aromatic heterocycles. The second-order valence-electron chi connectivity index (χ2n) is 5.95. The van der Waals surface area contributed by atoms with Gasteiger partial charge >= 0.3 is 0 Å². The van der Waals surface area contributed by atoms with Gasteiger partial charge in [0.1, 0.15) is 0 Å². The van der Waals surface area contributed by atoms with Gasteiger partial charge in [0.05, 0.1) is 11.0 Å². The van der Waals surface area contributed by atoms with Crippen LogP contribution in [-0.4, -0.2) is 37.0 Å². The van der Waals surface area contributed by atoms with Gasteiger partial charge in [-0.3, -0.25) is 4.98 Å². The van der Waals surface area contributed by atoms with Crippen LogP contribution < -0.4 is 5.32 Å².